The van der Waals surface area contributed by atoms with Gasteiger partial charge < -0.3 is 14.8 Å². The lowest BCUT2D eigenvalue weighted by molar-refractivity contribution is -0.115. The van der Waals surface area contributed by atoms with Gasteiger partial charge in [-0.1, -0.05) is 48.2 Å². The summed E-state index contributed by atoms with van der Waals surface area (Å²) < 4.78 is 12.5. The molecule has 8 rings (SSSR count). The molecule has 1 amide bonds. The maximum absolute atomic E-state index is 12.0. The Labute approximate surface area is 203 Å². The van der Waals surface area contributed by atoms with Gasteiger partial charge in [-0.2, -0.15) is 0 Å². The summed E-state index contributed by atoms with van der Waals surface area (Å²) in [5.74, 6) is 4.39. The highest BCUT2D eigenvalue weighted by Gasteiger charge is 2.53. The fraction of sp³-hybridized carbons (Fsp3) is 0.407. The summed E-state index contributed by atoms with van der Waals surface area (Å²) in [6.07, 6.45) is 10.1. The number of fused-ring (bicyclic) bond motifs is 1. The van der Waals surface area contributed by atoms with Gasteiger partial charge in [0, 0.05) is 5.56 Å². The average Bonchev–Trinajstić information content (AvgIpc) is 3.38. The predicted octanol–water partition coefficient (Wildman–Crippen LogP) is 6.04. The largest absolute Gasteiger partial charge is 0.454 e. The van der Waals surface area contributed by atoms with Crippen LogP contribution in [-0.2, 0) is 10.2 Å². The second-order valence-corrected chi connectivity index (χ2v) is 12.1. The number of rotatable bonds is 3. The zero-order valence-corrected chi connectivity index (χ0v) is 19.9. The van der Waals surface area contributed by atoms with Gasteiger partial charge >= 0.3 is 0 Å². The van der Waals surface area contributed by atoms with Gasteiger partial charge in [-0.15, -0.1) is 0 Å². The molecule has 1 N–H and O–H groups in total. The Hall–Kier alpha value is -2.31. The number of carbonyl (C=O) groups excluding carboxylic acids is 1. The molecule has 4 saturated carbocycles. The van der Waals surface area contributed by atoms with Crippen molar-refractivity contribution in [2.24, 2.45) is 17.8 Å². The van der Waals surface area contributed by atoms with Gasteiger partial charge in [0.25, 0.3) is 5.91 Å². The van der Waals surface area contributed by atoms with Crippen molar-refractivity contribution in [2.75, 3.05) is 6.79 Å². The maximum Gasteiger partial charge on any atom is 0.263 e. The number of benzene rings is 2. The third-order valence-corrected chi connectivity index (χ3v) is 9.43. The van der Waals surface area contributed by atoms with E-state index in [0.717, 1.165) is 40.4 Å². The highest BCUT2D eigenvalue weighted by molar-refractivity contribution is 8.26. The molecule has 2 heterocycles. The van der Waals surface area contributed by atoms with Crippen molar-refractivity contribution < 1.29 is 14.3 Å². The highest BCUT2D eigenvalue weighted by Crippen LogP contribution is 2.63. The number of carbonyl (C=O) groups is 1. The first-order valence-corrected chi connectivity index (χ1v) is 13.1. The van der Waals surface area contributed by atoms with Crippen LogP contribution in [-0.4, -0.2) is 17.0 Å². The van der Waals surface area contributed by atoms with E-state index in [2.05, 4.69) is 41.7 Å². The maximum atomic E-state index is 12.0. The van der Waals surface area contributed by atoms with Crippen molar-refractivity contribution in [2.45, 2.75) is 43.9 Å². The molecule has 4 bridgehead atoms. The van der Waals surface area contributed by atoms with Crippen molar-refractivity contribution in [1.29, 1.82) is 0 Å². The monoisotopic (exact) mass is 475 g/mol. The van der Waals surface area contributed by atoms with E-state index in [9.17, 15) is 4.79 Å². The number of ether oxygens (including phenoxy) is 2. The molecule has 0 unspecified atom stereocenters. The van der Waals surface area contributed by atoms with Crippen molar-refractivity contribution in [3.63, 3.8) is 0 Å². The minimum atomic E-state index is -0.120. The lowest BCUT2D eigenvalue weighted by Gasteiger charge is -2.57. The summed E-state index contributed by atoms with van der Waals surface area (Å²) in [6, 6.07) is 12.9. The first-order valence-electron chi connectivity index (χ1n) is 11.8. The summed E-state index contributed by atoms with van der Waals surface area (Å²) in [4.78, 5) is 12.6. The normalized spacial score (nSPS) is 32.6. The number of thiocarbonyl (C=S) groups is 1. The Morgan fingerprint density at radius 1 is 0.970 bits per heavy atom. The molecular weight excluding hydrogens is 450 g/mol. The molecule has 0 spiro atoms. The van der Waals surface area contributed by atoms with Gasteiger partial charge in [0.1, 0.15) is 4.32 Å². The molecule has 33 heavy (non-hydrogen) atoms. The number of hydrogen-bond acceptors (Lipinski definition) is 5. The van der Waals surface area contributed by atoms with Crippen LogP contribution in [0.4, 0.5) is 0 Å². The van der Waals surface area contributed by atoms with Crippen molar-refractivity contribution >= 4 is 40.3 Å². The molecule has 1 saturated heterocycles. The van der Waals surface area contributed by atoms with E-state index in [4.69, 9.17) is 21.7 Å². The Morgan fingerprint density at radius 2 is 1.67 bits per heavy atom. The molecular formula is C27H25NO3S2. The van der Waals surface area contributed by atoms with E-state index >= 15 is 0 Å². The van der Waals surface area contributed by atoms with Crippen molar-refractivity contribution in [1.82, 2.24) is 5.32 Å². The molecule has 168 valence electrons. The molecule has 6 heteroatoms. The number of thioether (sulfide) groups is 1. The zero-order chi connectivity index (χ0) is 22.2. The fourth-order valence-electron chi connectivity index (χ4n) is 7.36. The summed E-state index contributed by atoms with van der Waals surface area (Å²) >= 11 is 6.40. The molecule has 0 atom stereocenters. The van der Waals surface area contributed by atoms with Crippen LogP contribution < -0.4 is 14.8 Å². The fourth-order valence-corrected chi connectivity index (χ4v) is 8.40. The van der Waals surface area contributed by atoms with Crippen LogP contribution in [0.3, 0.4) is 0 Å². The predicted molar refractivity (Wildman–Crippen MR) is 134 cm³/mol. The lowest BCUT2D eigenvalue weighted by atomic mass is 9.48. The van der Waals surface area contributed by atoms with Crippen molar-refractivity contribution in [3.05, 3.63) is 52.4 Å². The van der Waals surface area contributed by atoms with Crippen LogP contribution in [0.1, 0.15) is 49.7 Å². The van der Waals surface area contributed by atoms with E-state index in [1.54, 1.807) is 0 Å². The van der Waals surface area contributed by atoms with E-state index < -0.39 is 0 Å². The quantitative estimate of drug-likeness (QED) is 0.433. The lowest BCUT2D eigenvalue weighted by Crippen LogP contribution is -2.48. The Morgan fingerprint density at radius 3 is 2.30 bits per heavy atom. The number of hydrogen-bond donors (Lipinski definition) is 1. The Kier molecular flexibility index (Phi) is 4.47. The van der Waals surface area contributed by atoms with Crippen molar-refractivity contribution in [3.8, 4) is 22.6 Å². The number of amides is 1. The van der Waals surface area contributed by atoms with E-state index in [1.807, 2.05) is 6.08 Å². The minimum Gasteiger partial charge on any atom is -0.454 e. The molecule has 2 aromatic carbocycles. The van der Waals surface area contributed by atoms with Crippen LogP contribution >= 0.6 is 24.0 Å². The first kappa shape index (κ1) is 20.1. The molecule has 2 aliphatic heterocycles. The smallest absolute Gasteiger partial charge is 0.263 e. The van der Waals surface area contributed by atoms with Gasteiger partial charge in [0.05, 0.1) is 4.91 Å². The summed E-state index contributed by atoms with van der Waals surface area (Å²) in [7, 11) is 0. The molecule has 4 nitrogen and oxygen atoms in total. The molecule has 5 fully saturated rings. The van der Waals surface area contributed by atoms with Gasteiger partial charge in [0.2, 0.25) is 6.79 Å². The summed E-state index contributed by atoms with van der Waals surface area (Å²) in [5.41, 5.74) is 4.95. The second kappa shape index (κ2) is 7.34. The second-order valence-electron chi connectivity index (χ2n) is 10.4. The zero-order valence-electron chi connectivity index (χ0n) is 18.3. The van der Waals surface area contributed by atoms with Crippen LogP contribution in [0.5, 0.6) is 11.5 Å². The van der Waals surface area contributed by atoms with Gasteiger partial charge in [-0.25, -0.2) is 0 Å². The van der Waals surface area contributed by atoms with E-state index in [-0.39, 0.29) is 11.3 Å². The van der Waals surface area contributed by atoms with Gasteiger partial charge in [0.15, 0.2) is 11.5 Å². The Bertz CT molecular complexity index is 1180. The standard InChI is InChI=1S/C27H25NO3S2/c29-25-23(33-26(32)28-25)8-15-1-3-19(4-2-15)20-9-21(24-22(10-20)30-14-31-24)27-11-16-5-17(12-27)7-18(6-16)13-27/h1-4,8-10,16-18H,5-7,11-14H2,(H,28,29,32). The van der Waals surface area contributed by atoms with E-state index in [0.29, 0.717) is 16.0 Å². The number of nitrogens with one attached hydrogen (secondary N) is 1. The SMILES string of the molecule is O=C1NC(=S)SC1=Cc1ccc(-c2cc3c(c(C45CC6CC(CC(C6)C4)C5)c2)OCO3)cc1. The molecule has 0 aromatic heterocycles. The molecule has 4 aliphatic carbocycles. The minimum absolute atomic E-state index is 0.120. The van der Waals surface area contributed by atoms with E-state index in [1.165, 1.54) is 61.4 Å². The van der Waals surface area contributed by atoms with Crippen LogP contribution in [0.15, 0.2) is 41.3 Å². The van der Waals surface area contributed by atoms with Gasteiger partial charge in [-0.3, -0.25) is 4.79 Å². The summed E-state index contributed by atoms with van der Waals surface area (Å²) in [5, 5.41) is 2.67. The third kappa shape index (κ3) is 3.33. The van der Waals surface area contributed by atoms with Crippen LogP contribution in [0.25, 0.3) is 17.2 Å². The molecule has 6 aliphatic rings. The summed E-state index contributed by atoms with van der Waals surface area (Å²) in [6.45, 7) is 0.312. The van der Waals surface area contributed by atoms with Crippen LogP contribution in [0, 0.1) is 17.8 Å². The first-order chi connectivity index (χ1) is 16.0. The van der Waals surface area contributed by atoms with Gasteiger partial charge in [-0.05, 0) is 96.6 Å². The Balaban J connectivity index is 1.26. The average molecular weight is 476 g/mol. The molecule has 2 aromatic rings. The highest BCUT2D eigenvalue weighted by atomic mass is 32.2. The molecule has 0 radical (unpaired) electrons. The topological polar surface area (TPSA) is 47.6 Å². The van der Waals surface area contributed by atoms with Crippen LogP contribution in [0.2, 0.25) is 0 Å². The third-order valence-electron chi connectivity index (χ3n) is 8.27.